The van der Waals surface area contributed by atoms with E-state index >= 15 is 0 Å². The molecule has 1 aliphatic heterocycles. The largest absolute Gasteiger partial charge is 0.312 e. The summed E-state index contributed by atoms with van der Waals surface area (Å²) in [5.41, 5.74) is 0. The van der Waals surface area contributed by atoms with Crippen molar-refractivity contribution in [1.29, 1.82) is 0 Å². The van der Waals surface area contributed by atoms with E-state index in [2.05, 4.69) is 19.2 Å². The van der Waals surface area contributed by atoms with Crippen molar-refractivity contribution in [1.82, 2.24) is 5.32 Å². The number of halogens is 1. The van der Waals surface area contributed by atoms with Gasteiger partial charge in [0, 0.05) is 12.1 Å². The van der Waals surface area contributed by atoms with Crippen molar-refractivity contribution in [2.24, 2.45) is 0 Å². The summed E-state index contributed by atoms with van der Waals surface area (Å²) in [4.78, 5) is 0. The molecule has 1 fully saturated rings. The molecule has 0 aromatic rings. The van der Waals surface area contributed by atoms with Crippen LogP contribution in [0.1, 0.15) is 33.1 Å². The van der Waals surface area contributed by atoms with Gasteiger partial charge in [0.05, 0.1) is 0 Å². The summed E-state index contributed by atoms with van der Waals surface area (Å²) in [6, 6.07) is 1.60. The molecule has 56 valence electrons. The minimum Gasteiger partial charge on any atom is -0.312 e. The normalized spacial score (nSPS) is 34.0. The lowest BCUT2D eigenvalue weighted by molar-refractivity contribution is 0.548. The van der Waals surface area contributed by atoms with Gasteiger partial charge in [0.1, 0.15) is 0 Å². The van der Waals surface area contributed by atoms with Gasteiger partial charge in [0.2, 0.25) is 0 Å². The second-order valence-electron chi connectivity index (χ2n) is 2.75. The summed E-state index contributed by atoms with van der Waals surface area (Å²) >= 11 is 0. The Bertz CT molecular complexity index is 75.3. The van der Waals surface area contributed by atoms with E-state index in [1.807, 2.05) is 0 Å². The van der Waals surface area contributed by atoms with Gasteiger partial charge in [0.15, 0.2) is 0 Å². The van der Waals surface area contributed by atoms with Crippen molar-refractivity contribution < 1.29 is 0 Å². The molecule has 0 radical (unpaired) electrons. The molecule has 2 unspecified atom stereocenters. The molecular weight excluding hydrogens is 134 g/mol. The zero-order chi connectivity index (χ0) is 5.98. The third-order valence-corrected chi connectivity index (χ3v) is 1.96. The molecule has 0 aromatic heterocycles. The van der Waals surface area contributed by atoms with Gasteiger partial charge in [-0.2, -0.15) is 0 Å². The Labute approximate surface area is 63.6 Å². The molecule has 1 heterocycles. The molecule has 2 atom stereocenters. The van der Waals surface area contributed by atoms with Crippen LogP contribution in [0.3, 0.4) is 0 Å². The minimum atomic E-state index is 0. The molecule has 0 amide bonds. The highest BCUT2D eigenvalue weighted by atomic mass is 35.5. The van der Waals surface area contributed by atoms with E-state index < -0.39 is 0 Å². The van der Waals surface area contributed by atoms with Crippen LogP contribution in [-0.4, -0.2) is 12.1 Å². The van der Waals surface area contributed by atoms with E-state index in [9.17, 15) is 0 Å². The third-order valence-electron chi connectivity index (χ3n) is 1.96. The second-order valence-corrected chi connectivity index (χ2v) is 2.75. The van der Waals surface area contributed by atoms with Gasteiger partial charge in [-0.15, -0.1) is 12.4 Å². The van der Waals surface area contributed by atoms with Crippen LogP contribution in [0.2, 0.25) is 0 Å². The highest BCUT2D eigenvalue weighted by Crippen LogP contribution is 2.13. The molecular formula is C7H16ClN. The van der Waals surface area contributed by atoms with Crippen LogP contribution in [0.4, 0.5) is 0 Å². The lowest BCUT2D eigenvalue weighted by Crippen LogP contribution is -2.25. The lowest BCUT2D eigenvalue weighted by atomic mass is 10.2. The average Bonchev–Trinajstić information content (AvgIpc) is 2.14. The van der Waals surface area contributed by atoms with E-state index in [1.165, 1.54) is 19.3 Å². The summed E-state index contributed by atoms with van der Waals surface area (Å²) in [5, 5.41) is 3.50. The van der Waals surface area contributed by atoms with E-state index in [1.54, 1.807) is 0 Å². The Morgan fingerprint density at radius 1 is 1.44 bits per heavy atom. The predicted molar refractivity (Wildman–Crippen MR) is 43.2 cm³/mol. The van der Waals surface area contributed by atoms with Crippen LogP contribution in [-0.2, 0) is 0 Å². The van der Waals surface area contributed by atoms with E-state index in [0.717, 1.165) is 12.1 Å². The highest BCUT2D eigenvalue weighted by Gasteiger charge is 2.17. The first-order valence-corrected chi connectivity index (χ1v) is 3.59. The zero-order valence-electron chi connectivity index (χ0n) is 6.18. The SMILES string of the molecule is CCC1CCC(C)N1.Cl. The van der Waals surface area contributed by atoms with Gasteiger partial charge < -0.3 is 5.32 Å². The van der Waals surface area contributed by atoms with E-state index in [0.29, 0.717) is 0 Å². The van der Waals surface area contributed by atoms with Gasteiger partial charge in [-0.25, -0.2) is 0 Å². The molecule has 9 heavy (non-hydrogen) atoms. The maximum atomic E-state index is 3.50. The highest BCUT2D eigenvalue weighted by molar-refractivity contribution is 5.85. The van der Waals surface area contributed by atoms with Crippen LogP contribution in [0.5, 0.6) is 0 Å². The van der Waals surface area contributed by atoms with Crippen LogP contribution < -0.4 is 5.32 Å². The fourth-order valence-electron chi connectivity index (χ4n) is 1.34. The fourth-order valence-corrected chi connectivity index (χ4v) is 1.34. The van der Waals surface area contributed by atoms with E-state index in [4.69, 9.17) is 0 Å². The Balaban J connectivity index is 0.000000640. The number of nitrogens with one attached hydrogen (secondary N) is 1. The third kappa shape index (κ3) is 2.55. The monoisotopic (exact) mass is 149 g/mol. The summed E-state index contributed by atoms with van der Waals surface area (Å²) in [6.07, 6.45) is 4.06. The van der Waals surface area contributed by atoms with Gasteiger partial charge in [0.25, 0.3) is 0 Å². The quantitative estimate of drug-likeness (QED) is 0.601. The Kier molecular flexibility index (Phi) is 4.24. The zero-order valence-corrected chi connectivity index (χ0v) is 7.00. The van der Waals surface area contributed by atoms with Crippen LogP contribution >= 0.6 is 12.4 Å². The second kappa shape index (κ2) is 4.13. The molecule has 1 rings (SSSR count). The molecule has 0 spiro atoms. The van der Waals surface area contributed by atoms with Crippen LogP contribution in [0.15, 0.2) is 0 Å². The maximum Gasteiger partial charge on any atom is 0.00674 e. The van der Waals surface area contributed by atoms with Gasteiger partial charge in [-0.05, 0) is 26.2 Å². The molecule has 0 saturated carbocycles. The first-order valence-electron chi connectivity index (χ1n) is 3.59. The number of hydrogen-bond acceptors (Lipinski definition) is 1. The van der Waals surface area contributed by atoms with Gasteiger partial charge >= 0.3 is 0 Å². The van der Waals surface area contributed by atoms with Crippen molar-refractivity contribution in [2.75, 3.05) is 0 Å². The Hall–Kier alpha value is 0.250. The fraction of sp³-hybridized carbons (Fsp3) is 1.00. The Morgan fingerprint density at radius 3 is 2.33 bits per heavy atom. The van der Waals surface area contributed by atoms with E-state index in [-0.39, 0.29) is 12.4 Å². The molecule has 0 aromatic carbocycles. The first-order chi connectivity index (χ1) is 3.83. The topological polar surface area (TPSA) is 12.0 Å². The first kappa shape index (κ1) is 9.25. The molecule has 0 aliphatic carbocycles. The summed E-state index contributed by atoms with van der Waals surface area (Å²) in [6.45, 7) is 4.51. The molecule has 0 bridgehead atoms. The molecule has 1 aliphatic rings. The predicted octanol–water partition coefficient (Wildman–Crippen LogP) is 1.96. The van der Waals surface area contributed by atoms with Crippen molar-refractivity contribution in [2.45, 2.75) is 45.2 Å². The summed E-state index contributed by atoms with van der Waals surface area (Å²) in [5.74, 6) is 0. The molecule has 1 N–H and O–H groups in total. The molecule has 1 saturated heterocycles. The van der Waals surface area contributed by atoms with Crippen molar-refractivity contribution in [3.05, 3.63) is 0 Å². The van der Waals surface area contributed by atoms with Gasteiger partial charge in [-0.1, -0.05) is 6.92 Å². The van der Waals surface area contributed by atoms with Crippen molar-refractivity contribution in [3.8, 4) is 0 Å². The van der Waals surface area contributed by atoms with Crippen LogP contribution in [0, 0.1) is 0 Å². The minimum absolute atomic E-state index is 0. The summed E-state index contributed by atoms with van der Waals surface area (Å²) in [7, 11) is 0. The van der Waals surface area contributed by atoms with Gasteiger partial charge in [-0.3, -0.25) is 0 Å². The lowest BCUT2D eigenvalue weighted by Gasteiger charge is -2.06. The van der Waals surface area contributed by atoms with Crippen molar-refractivity contribution >= 4 is 12.4 Å². The Morgan fingerprint density at radius 2 is 2.11 bits per heavy atom. The maximum absolute atomic E-state index is 3.50. The molecule has 1 nitrogen and oxygen atoms in total. The summed E-state index contributed by atoms with van der Waals surface area (Å²) < 4.78 is 0. The molecule has 2 heteroatoms. The average molecular weight is 150 g/mol. The smallest absolute Gasteiger partial charge is 0.00674 e. The van der Waals surface area contributed by atoms with Crippen LogP contribution in [0.25, 0.3) is 0 Å². The number of hydrogen-bond donors (Lipinski definition) is 1. The standard InChI is InChI=1S/C7H15N.ClH/c1-3-7-5-4-6(2)8-7;/h6-8H,3-5H2,1-2H3;1H. The number of rotatable bonds is 1. The van der Waals surface area contributed by atoms with Crippen molar-refractivity contribution in [3.63, 3.8) is 0 Å².